The second kappa shape index (κ2) is 9.86. The molecule has 0 radical (unpaired) electrons. The van der Waals surface area contributed by atoms with Crippen LogP contribution in [0.4, 0.5) is 10.5 Å². The van der Waals surface area contributed by atoms with Crippen molar-refractivity contribution in [3.63, 3.8) is 0 Å². The van der Waals surface area contributed by atoms with E-state index >= 15 is 0 Å². The van der Waals surface area contributed by atoms with Gasteiger partial charge < -0.3 is 19.9 Å². The second-order valence-corrected chi connectivity index (χ2v) is 9.28. The smallest absolute Gasteiger partial charge is 0.321 e. The van der Waals surface area contributed by atoms with E-state index in [1.54, 1.807) is 0 Å². The van der Waals surface area contributed by atoms with Crippen LogP contribution in [0.5, 0.6) is 5.75 Å². The number of carbonyl (C=O) groups is 2. The van der Waals surface area contributed by atoms with Gasteiger partial charge in [-0.05, 0) is 56.5 Å². The lowest BCUT2D eigenvalue weighted by Crippen LogP contribution is -2.52. The molecule has 1 atom stereocenters. The monoisotopic (exact) mass is 449 g/mol. The molecule has 1 N–H and O–H groups in total. The van der Waals surface area contributed by atoms with E-state index in [-0.39, 0.29) is 23.5 Å². The van der Waals surface area contributed by atoms with E-state index in [0.29, 0.717) is 19.5 Å². The molecule has 2 aliphatic heterocycles. The molecule has 3 amide bonds. The van der Waals surface area contributed by atoms with Gasteiger partial charge >= 0.3 is 6.03 Å². The molecule has 0 unspecified atom stereocenters. The number of hydrogen-bond acceptors (Lipinski definition) is 3. The average Bonchev–Trinajstić information content (AvgIpc) is 2.80. The van der Waals surface area contributed by atoms with Gasteiger partial charge in [-0.25, -0.2) is 4.79 Å². The van der Waals surface area contributed by atoms with Crippen molar-refractivity contribution in [2.24, 2.45) is 0 Å². The Hall–Kier alpha value is -3.02. The molecule has 1 spiro atoms. The molecular weight excluding hydrogens is 414 g/mol. The third-order valence-electron chi connectivity index (χ3n) is 7.07. The first-order valence-electron chi connectivity index (χ1n) is 12.1. The maximum absolute atomic E-state index is 12.9. The van der Waals surface area contributed by atoms with E-state index < -0.39 is 0 Å². The summed E-state index contributed by atoms with van der Waals surface area (Å²) in [7, 11) is 0. The quantitative estimate of drug-likeness (QED) is 0.684. The lowest BCUT2D eigenvalue weighted by molar-refractivity contribution is -0.131. The largest absolute Gasteiger partial charge is 0.487 e. The van der Waals surface area contributed by atoms with Crippen molar-refractivity contribution in [1.29, 1.82) is 0 Å². The van der Waals surface area contributed by atoms with Gasteiger partial charge in [-0.3, -0.25) is 4.79 Å². The Morgan fingerprint density at radius 3 is 2.52 bits per heavy atom. The van der Waals surface area contributed by atoms with Crippen LogP contribution in [-0.4, -0.2) is 53.5 Å². The summed E-state index contributed by atoms with van der Waals surface area (Å²) in [4.78, 5) is 29.5. The Morgan fingerprint density at radius 1 is 1.09 bits per heavy atom. The van der Waals surface area contributed by atoms with Crippen LogP contribution < -0.4 is 10.1 Å². The second-order valence-electron chi connectivity index (χ2n) is 9.28. The number of nitrogens with zero attached hydrogens (tertiary/aromatic N) is 2. The number of rotatable bonds is 5. The van der Waals surface area contributed by atoms with E-state index in [1.165, 1.54) is 0 Å². The Kier molecular flexibility index (Phi) is 6.91. The minimum absolute atomic E-state index is 0.0695. The van der Waals surface area contributed by atoms with Crippen LogP contribution in [0, 0.1) is 6.92 Å². The van der Waals surface area contributed by atoms with E-state index in [4.69, 9.17) is 4.74 Å². The molecule has 2 aromatic carbocycles. The molecule has 33 heavy (non-hydrogen) atoms. The fourth-order valence-electron chi connectivity index (χ4n) is 5.19. The molecular formula is C27H35N3O3. The van der Waals surface area contributed by atoms with Gasteiger partial charge in [0.15, 0.2) is 0 Å². The first kappa shape index (κ1) is 23.1. The summed E-state index contributed by atoms with van der Waals surface area (Å²) in [6.45, 7) is 8.80. The van der Waals surface area contributed by atoms with Gasteiger partial charge in [-0.2, -0.15) is 0 Å². The lowest BCUT2D eigenvalue weighted by atomic mass is 9.76. The summed E-state index contributed by atoms with van der Waals surface area (Å²) in [6.07, 6.45) is 2.84. The number of aryl methyl sites for hydroxylation is 1. The van der Waals surface area contributed by atoms with Crippen LogP contribution in [-0.2, 0) is 4.79 Å². The molecule has 176 valence electrons. The Labute approximate surface area is 196 Å². The highest BCUT2D eigenvalue weighted by Gasteiger charge is 2.44. The molecule has 4 rings (SSSR count). The van der Waals surface area contributed by atoms with Gasteiger partial charge in [0, 0.05) is 57.0 Å². The van der Waals surface area contributed by atoms with Gasteiger partial charge in [-0.1, -0.05) is 30.3 Å². The summed E-state index contributed by atoms with van der Waals surface area (Å²) in [6, 6.07) is 15.9. The van der Waals surface area contributed by atoms with Crippen molar-refractivity contribution in [3.8, 4) is 5.75 Å². The van der Waals surface area contributed by atoms with Gasteiger partial charge in [0.25, 0.3) is 0 Å². The molecule has 0 bridgehead atoms. The topological polar surface area (TPSA) is 61.9 Å². The molecule has 1 saturated heterocycles. The number of amides is 3. The molecule has 2 aromatic rings. The van der Waals surface area contributed by atoms with Crippen LogP contribution in [0.1, 0.15) is 56.6 Å². The number of fused-ring (bicyclic) bond motifs is 1. The normalized spacial score (nSPS) is 18.9. The molecule has 2 heterocycles. The predicted octanol–water partition coefficient (Wildman–Crippen LogP) is 5.19. The zero-order chi connectivity index (χ0) is 23.4. The maximum atomic E-state index is 12.9. The number of carbonyl (C=O) groups excluding carboxylic acids is 2. The van der Waals surface area contributed by atoms with Gasteiger partial charge in [0.05, 0.1) is 0 Å². The third kappa shape index (κ3) is 5.15. The van der Waals surface area contributed by atoms with Crippen LogP contribution >= 0.6 is 0 Å². The van der Waals surface area contributed by atoms with Crippen LogP contribution in [0.3, 0.4) is 0 Å². The standard InChI is InChI=1S/C27H35N3O3/c1-4-29(5-2)25(31)18-21-19-27(33-24-12-7-6-11-23(21)24)13-15-30(16-14-27)26(32)28-22-10-8-9-20(3)17-22/h6-12,17,21H,4-5,13-16,18-19H2,1-3H3,(H,28,32)/t21-/m0/s1. The van der Waals surface area contributed by atoms with E-state index in [1.807, 2.05) is 73.0 Å². The SMILES string of the molecule is CCN(CC)C(=O)C[C@H]1CC2(CCN(C(=O)Nc3cccc(C)c3)CC2)Oc2ccccc21. The number of urea groups is 1. The molecule has 1 fully saturated rings. The van der Waals surface area contributed by atoms with Crippen LogP contribution in [0.15, 0.2) is 48.5 Å². The number of benzene rings is 2. The molecule has 0 aromatic heterocycles. The summed E-state index contributed by atoms with van der Waals surface area (Å²) >= 11 is 0. The molecule has 2 aliphatic rings. The predicted molar refractivity (Wildman–Crippen MR) is 131 cm³/mol. The Morgan fingerprint density at radius 2 is 1.82 bits per heavy atom. The number of nitrogens with one attached hydrogen (secondary N) is 1. The van der Waals surface area contributed by atoms with Crippen molar-refractivity contribution < 1.29 is 14.3 Å². The van der Waals surface area contributed by atoms with Crippen molar-refractivity contribution >= 4 is 17.6 Å². The van der Waals surface area contributed by atoms with Crippen molar-refractivity contribution in [1.82, 2.24) is 9.80 Å². The lowest BCUT2D eigenvalue weighted by Gasteiger charge is -2.47. The number of para-hydroxylation sites is 1. The Balaban J connectivity index is 1.44. The highest BCUT2D eigenvalue weighted by molar-refractivity contribution is 5.89. The number of piperidine rings is 1. The zero-order valence-electron chi connectivity index (χ0n) is 20.0. The first-order valence-corrected chi connectivity index (χ1v) is 12.1. The van der Waals surface area contributed by atoms with Gasteiger partial charge in [0.1, 0.15) is 11.4 Å². The minimum atomic E-state index is -0.331. The molecule has 6 heteroatoms. The average molecular weight is 450 g/mol. The number of anilines is 1. The molecule has 0 saturated carbocycles. The zero-order valence-corrected chi connectivity index (χ0v) is 20.0. The highest BCUT2D eigenvalue weighted by atomic mass is 16.5. The summed E-state index contributed by atoms with van der Waals surface area (Å²) in [5.74, 6) is 1.22. The first-order chi connectivity index (χ1) is 15.9. The van der Waals surface area contributed by atoms with E-state index in [0.717, 1.165) is 54.9 Å². The van der Waals surface area contributed by atoms with Crippen molar-refractivity contribution in [2.45, 2.75) is 58.0 Å². The number of likely N-dealkylation sites (tertiary alicyclic amines) is 1. The third-order valence-corrected chi connectivity index (χ3v) is 7.07. The maximum Gasteiger partial charge on any atom is 0.321 e. The van der Waals surface area contributed by atoms with Crippen molar-refractivity contribution in [3.05, 3.63) is 59.7 Å². The number of ether oxygens (including phenoxy) is 1. The van der Waals surface area contributed by atoms with E-state index in [9.17, 15) is 9.59 Å². The van der Waals surface area contributed by atoms with E-state index in [2.05, 4.69) is 11.4 Å². The van der Waals surface area contributed by atoms with Crippen LogP contribution in [0.25, 0.3) is 0 Å². The van der Waals surface area contributed by atoms with Gasteiger partial charge in [-0.15, -0.1) is 0 Å². The fourth-order valence-corrected chi connectivity index (χ4v) is 5.19. The fraction of sp³-hybridized carbons (Fsp3) is 0.481. The number of hydrogen-bond donors (Lipinski definition) is 1. The summed E-state index contributed by atoms with van der Waals surface area (Å²) in [5.41, 5.74) is 2.73. The minimum Gasteiger partial charge on any atom is -0.487 e. The molecule has 0 aliphatic carbocycles. The molecule has 6 nitrogen and oxygen atoms in total. The summed E-state index contributed by atoms with van der Waals surface area (Å²) < 4.78 is 6.56. The van der Waals surface area contributed by atoms with Gasteiger partial charge in [0.2, 0.25) is 5.91 Å². The highest BCUT2D eigenvalue weighted by Crippen LogP contribution is 2.46. The summed E-state index contributed by atoms with van der Waals surface area (Å²) in [5, 5.41) is 3.02. The Bertz CT molecular complexity index is 994. The van der Waals surface area contributed by atoms with Crippen LogP contribution in [0.2, 0.25) is 0 Å². The van der Waals surface area contributed by atoms with Crippen molar-refractivity contribution in [2.75, 3.05) is 31.5 Å².